The summed E-state index contributed by atoms with van der Waals surface area (Å²) in [6.45, 7) is 2.76. The van der Waals surface area contributed by atoms with E-state index in [9.17, 15) is 4.21 Å². The van der Waals surface area contributed by atoms with Gasteiger partial charge in [0, 0.05) is 58.7 Å². The number of hydrogen-bond donors (Lipinski definition) is 1. The van der Waals surface area contributed by atoms with Gasteiger partial charge in [-0.3, -0.25) is 9.11 Å². The molecule has 2 N–H and O–H groups in total. The predicted molar refractivity (Wildman–Crippen MR) is 147 cm³/mol. The van der Waals surface area contributed by atoms with Crippen molar-refractivity contribution in [2.24, 2.45) is 5.92 Å². The SMILES string of the molecule is Nc1ncnc2c1c(-c1cccc(OCC34CCC(CC3)O4)c1)cn2C1CC(CN2C[C@@H]3C[C@H]2C[S@@]3=O)C1. The molecule has 1 aromatic carbocycles. The minimum absolute atomic E-state index is 0.0958. The molecule has 200 valence electrons. The summed E-state index contributed by atoms with van der Waals surface area (Å²) in [5, 5.41) is 1.33. The highest BCUT2D eigenvalue weighted by Crippen LogP contribution is 2.46. The van der Waals surface area contributed by atoms with Crippen molar-refractivity contribution in [2.75, 3.05) is 31.2 Å². The molecular weight excluding hydrogens is 498 g/mol. The average Bonchev–Trinajstić information content (AvgIpc) is 3.72. The van der Waals surface area contributed by atoms with Crippen molar-refractivity contribution in [3.63, 3.8) is 0 Å². The first-order valence-electron chi connectivity index (χ1n) is 14.2. The van der Waals surface area contributed by atoms with E-state index < -0.39 is 10.8 Å². The summed E-state index contributed by atoms with van der Waals surface area (Å²) >= 11 is 0. The molecule has 1 saturated carbocycles. The maximum atomic E-state index is 12.1. The topological polar surface area (TPSA) is 95.5 Å². The number of nitrogens with two attached hydrogens (primary N) is 1. The van der Waals surface area contributed by atoms with Gasteiger partial charge in [0.1, 0.15) is 35.7 Å². The maximum absolute atomic E-state index is 12.1. The van der Waals surface area contributed by atoms with Crippen molar-refractivity contribution >= 4 is 27.7 Å². The average molecular weight is 534 g/mol. The highest BCUT2D eigenvalue weighted by molar-refractivity contribution is 7.86. The molecule has 1 aliphatic carbocycles. The molecule has 0 radical (unpaired) electrons. The van der Waals surface area contributed by atoms with Crippen LogP contribution in [0.5, 0.6) is 5.75 Å². The number of nitrogens with zero attached hydrogens (tertiary/aromatic N) is 4. The van der Waals surface area contributed by atoms with Crippen molar-refractivity contribution in [1.29, 1.82) is 0 Å². The molecule has 4 aliphatic heterocycles. The summed E-state index contributed by atoms with van der Waals surface area (Å²) < 4.78 is 26.9. The number of fused-ring (bicyclic) bond motifs is 5. The van der Waals surface area contributed by atoms with Gasteiger partial charge in [0.05, 0.1) is 11.5 Å². The van der Waals surface area contributed by atoms with Crippen molar-refractivity contribution < 1.29 is 13.7 Å². The number of rotatable bonds is 7. The Morgan fingerprint density at radius 2 is 2.03 bits per heavy atom. The van der Waals surface area contributed by atoms with E-state index in [0.717, 1.165) is 91.7 Å². The molecule has 0 amide bonds. The van der Waals surface area contributed by atoms with Crippen LogP contribution in [-0.4, -0.2) is 72.1 Å². The summed E-state index contributed by atoms with van der Waals surface area (Å²) in [5.74, 6) is 2.93. The van der Waals surface area contributed by atoms with Gasteiger partial charge in [0.15, 0.2) is 0 Å². The Bertz CT molecular complexity index is 1410. The number of ether oxygens (including phenoxy) is 2. The number of likely N-dealkylation sites (tertiary alicyclic amines) is 1. The van der Waals surface area contributed by atoms with Crippen molar-refractivity contribution in [2.45, 2.75) is 74.0 Å². The van der Waals surface area contributed by atoms with Crippen LogP contribution in [0.25, 0.3) is 22.2 Å². The number of aromatic nitrogens is 3. The minimum Gasteiger partial charge on any atom is -0.491 e. The Morgan fingerprint density at radius 3 is 2.76 bits per heavy atom. The van der Waals surface area contributed by atoms with E-state index in [-0.39, 0.29) is 5.60 Å². The Balaban J connectivity index is 1.01. The van der Waals surface area contributed by atoms with Crippen LogP contribution in [0.2, 0.25) is 0 Å². The third kappa shape index (κ3) is 3.80. The lowest BCUT2D eigenvalue weighted by Gasteiger charge is -2.40. The van der Waals surface area contributed by atoms with Crippen molar-refractivity contribution in [1.82, 2.24) is 19.4 Å². The van der Waals surface area contributed by atoms with Crippen LogP contribution in [0.3, 0.4) is 0 Å². The molecule has 2 aromatic heterocycles. The first kappa shape index (κ1) is 23.4. The van der Waals surface area contributed by atoms with Gasteiger partial charge in [0.2, 0.25) is 0 Å². The molecule has 4 bridgehead atoms. The zero-order valence-corrected chi connectivity index (χ0v) is 22.4. The Labute approximate surface area is 225 Å². The predicted octanol–water partition coefficient (Wildman–Crippen LogP) is 3.93. The van der Waals surface area contributed by atoms with Gasteiger partial charge < -0.3 is 19.8 Å². The number of nitrogen functional groups attached to an aromatic ring is 1. The van der Waals surface area contributed by atoms with Crippen molar-refractivity contribution in [3.05, 3.63) is 36.8 Å². The monoisotopic (exact) mass is 533 g/mol. The summed E-state index contributed by atoms with van der Waals surface area (Å²) in [6.07, 6.45) is 12.1. The van der Waals surface area contributed by atoms with E-state index in [0.29, 0.717) is 41.8 Å². The zero-order chi connectivity index (χ0) is 25.4. The Hall–Kier alpha value is -2.49. The van der Waals surface area contributed by atoms with E-state index in [2.05, 4.69) is 43.8 Å². The molecule has 38 heavy (non-hydrogen) atoms. The first-order chi connectivity index (χ1) is 18.5. The number of hydrogen-bond acceptors (Lipinski definition) is 7. The molecule has 3 aromatic rings. The fourth-order valence-corrected chi connectivity index (χ4v) is 9.51. The van der Waals surface area contributed by atoms with Crippen LogP contribution in [0, 0.1) is 5.92 Å². The Morgan fingerprint density at radius 1 is 1.16 bits per heavy atom. The molecule has 4 saturated heterocycles. The summed E-state index contributed by atoms with van der Waals surface area (Å²) in [5.41, 5.74) is 9.37. The minimum atomic E-state index is -0.593. The summed E-state index contributed by atoms with van der Waals surface area (Å²) in [6, 6.07) is 9.25. The summed E-state index contributed by atoms with van der Waals surface area (Å²) in [4.78, 5) is 11.6. The second-order valence-corrected chi connectivity index (χ2v) is 14.0. The normalized spacial score (nSPS) is 35.8. The lowest BCUT2D eigenvalue weighted by atomic mass is 9.79. The van der Waals surface area contributed by atoms with Crippen LogP contribution < -0.4 is 10.5 Å². The van der Waals surface area contributed by atoms with Gasteiger partial charge in [-0.15, -0.1) is 0 Å². The molecule has 8 rings (SSSR count). The fraction of sp³-hybridized carbons (Fsp3) is 0.586. The van der Waals surface area contributed by atoms with Gasteiger partial charge in [0.25, 0.3) is 0 Å². The molecule has 5 aliphatic rings. The van der Waals surface area contributed by atoms with Crippen LogP contribution >= 0.6 is 0 Å². The lowest BCUT2D eigenvalue weighted by Crippen LogP contribution is -2.44. The van der Waals surface area contributed by atoms with Gasteiger partial charge in [-0.2, -0.15) is 0 Å². The highest BCUT2D eigenvalue weighted by Gasteiger charge is 2.47. The van der Waals surface area contributed by atoms with Gasteiger partial charge in [-0.1, -0.05) is 12.1 Å². The fourth-order valence-electron chi connectivity index (χ4n) is 7.72. The van der Waals surface area contributed by atoms with Gasteiger partial charge in [-0.05, 0) is 68.6 Å². The molecular formula is C29H35N5O3S. The van der Waals surface area contributed by atoms with Crippen molar-refractivity contribution in [3.8, 4) is 16.9 Å². The van der Waals surface area contributed by atoms with Gasteiger partial charge >= 0.3 is 0 Å². The number of anilines is 1. The van der Waals surface area contributed by atoms with Gasteiger partial charge in [-0.25, -0.2) is 9.97 Å². The first-order valence-corrected chi connectivity index (χ1v) is 15.6. The third-order valence-electron chi connectivity index (χ3n) is 9.86. The zero-order valence-electron chi connectivity index (χ0n) is 21.6. The maximum Gasteiger partial charge on any atom is 0.146 e. The summed E-state index contributed by atoms with van der Waals surface area (Å²) in [7, 11) is -0.593. The van der Waals surface area contributed by atoms with Crippen LogP contribution in [0.15, 0.2) is 36.8 Å². The highest BCUT2D eigenvalue weighted by atomic mass is 32.2. The second kappa shape index (κ2) is 8.76. The molecule has 6 heterocycles. The Kier molecular flexibility index (Phi) is 5.40. The van der Waals surface area contributed by atoms with E-state index in [4.69, 9.17) is 15.2 Å². The molecule has 8 nitrogen and oxygen atoms in total. The smallest absolute Gasteiger partial charge is 0.146 e. The van der Waals surface area contributed by atoms with Crippen LogP contribution in [0.1, 0.15) is 51.0 Å². The molecule has 5 fully saturated rings. The molecule has 0 spiro atoms. The largest absolute Gasteiger partial charge is 0.491 e. The van der Waals surface area contributed by atoms with Crippen LogP contribution in [0.4, 0.5) is 5.82 Å². The second-order valence-electron chi connectivity index (χ2n) is 12.2. The molecule has 9 heteroatoms. The molecule has 3 atom stereocenters. The number of benzene rings is 1. The standard InChI is InChI=1S/C29H35N5O3S/c30-27-26-25(19-2-1-3-23(10-19)36-16-29-6-4-22(37-29)5-7-29)14-34(28(26)32-17-31-27)20-8-18(9-20)12-33-13-24-11-21(33)15-38(24)35/h1-3,10,14,17-18,20-22,24H,4-9,11-13,15-16H2,(H2,30,31,32)/t18?,20?,21-,22?,24-,29?,38-/m0/s1. The van der Waals surface area contributed by atoms with E-state index in [1.807, 2.05) is 6.07 Å². The quantitative estimate of drug-likeness (QED) is 0.492. The van der Waals surface area contributed by atoms with Crippen LogP contribution in [-0.2, 0) is 15.5 Å². The van der Waals surface area contributed by atoms with E-state index >= 15 is 0 Å². The lowest BCUT2D eigenvalue weighted by molar-refractivity contribution is -0.0198. The molecule has 0 unspecified atom stereocenters. The van der Waals surface area contributed by atoms with E-state index in [1.54, 1.807) is 6.33 Å². The van der Waals surface area contributed by atoms with E-state index in [1.165, 1.54) is 0 Å². The third-order valence-corrected chi connectivity index (χ3v) is 11.7.